The van der Waals surface area contributed by atoms with Crippen LogP contribution in [-0.4, -0.2) is 28.3 Å². The van der Waals surface area contributed by atoms with Crippen LogP contribution >= 0.6 is 0 Å². The monoisotopic (exact) mass is 431 g/mol. The average Bonchev–Trinajstić information content (AvgIpc) is 3.22. The molecule has 1 N–H and O–H groups in total. The van der Waals surface area contributed by atoms with E-state index in [2.05, 4.69) is 10.4 Å². The molecular weight excluding hydrogens is 405 g/mol. The summed E-state index contributed by atoms with van der Waals surface area (Å²) >= 11 is 0. The van der Waals surface area contributed by atoms with E-state index in [0.717, 1.165) is 22.2 Å². The minimum atomic E-state index is -0.282. The Morgan fingerprint density at radius 1 is 1.06 bits per heavy atom. The molecule has 5 nitrogen and oxygen atoms in total. The van der Waals surface area contributed by atoms with Crippen LogP contribution in [0.25, 0.3) is 16.6 Å². The second kappa shape index (κ2) is 9.64. The number of hydrogen-bond acceptors (Lipinski definition) is 3. The zero-order valence-electron chi connectivity index (χ0n) is 18.2. The van der Waals surface area contributed by atoms with Crippen molar-refractivity contribution in [2.24, 2.45) is 5.92 Å². The molecule has 3 aromatic carbocycles. The zero-order valence-corrected chi connectivity index (χ0v) is 18.2. The summed E-state index contributed by atoms with van der Waals surface area (Å²) in [5, 5.41) is 8.43. The van der Waals surface area contributed by atoms with Gasteiger partial charge in [-0.05, 0) is 54.4 Å². The summed E-state index contributed by atoms with van der Waals surface area (Å²) < 4.78 is 21.1. The number of rotatable bonds is 8. The molecule has 0 radical (unpaired) electrons. The van der Waals surface area contributed by atoms with E-state index in [-0.39, 0.29) is 23.7 Å². The topological polar surface area (TPSA) is 56.1 Å². The zero-order chi connectivity index (χ0) is 22.5. The second-order valence-corrected chi connectivity index (χ2v) is 8.11. The third-order valence-corrected chi connectivity index (χ3v) is 5.26. The number of carbonyl (C=O) groups excluding carboxylic acids is 1. The van der Waals surface area contributed by atoms with E-state index in [1.54, 1.807) is 23.0 Å². The molecule has 4 rings (SSSR count). The van der Waals surface area contributed by atoms with Crippen LogP contribution in [0, 0.1) is 11.7 Å². The van der Waals surface area contributed by atoms with Gasteiger partial charge in [0.25, 0.3) is 0 Å². The lowest BCUT2D eigenvalue weighted by Crippen LogP contribution is -2.42. The van der Waals surface area contributed by atoms with Crippen LogP contribution in [0.2, 0.25) is 0 Å². The highest BCUT2D eigenvalue weighted by atomic mass is 19.1. The lowest BCUT2D eigenvalue weighted by atomic mass is 10.1. The van der Waals surface area contributed by atoms with Crippen molar-refractivity contribution in [3.8, 4) is 11.4 Å². The van der Waals surface area contributed by atoms with E-state index in [1.165, 1.54) is 12.1 Å². The van der Waals surface area contributed by atoms with Gasteiger partial charge in [0.05, 0.1) is 23.4 Å². The maximum atomic E-state index is 13.2. The summed E-state index contributed by atoms with van der Waals surface area (Å²) in [5.74, 6) is 0.330. The van der Waals surface area contributed by atoms with Crippen molar-refractivity contribution in [2.45, 2.75) is 26.3 Å². The van der Waals surface area contributed by atoms with E-state index in [9.17, 15) is 9.18 Å². The van der Waals surface area contributed by atoms with E-state index in [0.29, 0.717) is 18.8 Å². The molecule has 0 fully saturated rings. The molecule has 0 aliphatic heterocycles. The Morgan fingerprint density at radius 2 is 1.81 bits per heavy atom. The first-order chi connectivity index (χ1) is 15.5. The predicted molar refractivity (Wildman–Crippen MR) is 123 cm³/mol. The van der Waals surface area contributed by atoms with E-state index < -0.39 is 0 Å². The van der Waals surface area contributed by atoms with Gasteiger partial charge in [0.1, 0.15) is 18.2 Å². The molecule has 1 aromatic heterocycles. The van der Waals surface area contributed by atoms with E-state index >= 15 is 0 Å². The molecule has 0 saturated heterocycles. The van der Waals surface area contributed by atoms with Crippen LogP contribution in [-0.2, 0) is 11.2 Å². The Bertz CT molecular complexity index is 1190. The van der Waals surface area contributed by atoms with Gasteiger partial charge in [-0.2, -0.15) is 5.10 Å². The highest BCUT2D eigenvalue weighted by Gasteiger charge is 2.17. The van der Waals surface area contributed by atoms with Gasteiger partial charge in [0.15, 0.2) is 0 Å². The van der Waals surface area contributed by atoms with Crippen molar-refractivity contribution >= 4 is 16.8 Å². The number of halogens is 1. The average molecular weight is 432 g/mol. The smallest absolute Gasteiger partial charge is 0.222 e. The summed E-state index contributed by atoms with van der Waals surface area (Å²) in [7, 11) is 0. The van der Waals surface area contributed by atoms with Gasteiger partial charge in [-0.3, -0.25) is 4.79 Å². The Kier molecular flexibility index (Phi) is 6.50. The lowest BCUT2D eigenvalue weighted by Gasteiger charge is -2.21. The maximum Gasteiger partial charge on any atom is 0.222 e. The highest BCUT2D eigenvalue weighted by molar-refractivity contribution is 5.81. The van der Waals surface area contributed by atoms with E-state index in [4.69, 9.17) is 4.74 Å². The standard InChI is InChI=1S/C26H26FN3O2/c1-18(2)26(31)29-22(14-19-6-4-3-5-7-19)17-32-24-12-13-25-20(15-24)16-28-30(25)23-10-8-21(27)9-11-23/h3-13,15-16,18,22H,14,17H2,1-2H3,(H,29,31). The summed E-state index contributed by atoms with van der Waals surface area (Å²) in [6.07, 6.45) is 2.44. The quantitative estimate of drug-likeness (QED) is 0.431. The predicted octanol–water partition coefficient (Wildman–Crippen LogP) is 4.93. The third kappa shape index (κ3) is 5.14. The molecule has 6 heteroatoms. The number of fused-ring (bicyclic) bond motifs is 1. The molecule has 0 spiro atoms. The number of carbonyl (C=O) groups is 1. The fourth-order valence-corrected chi connectivity index (χ4v) is 3.50. The van der Waals surface area contributed by atoms with Gasteiger partial charge in [-0.25, -0.2) is 9.07 Å². The number of hydrogen-bond donors (Lipinski definition) is 1. The fourth-order valence-electron chi connectivity index (χ4n) is 3.50. The van der Waals surface area contributed by atoms with Crippen molar-refractivity contribution in [2.75, 3.05) is 6.61 Å². The Hall–Kier alpha value is -3.67. The van der Waals surface area contributed by atoms with Gasteiger partial charge in [0.2, 0.25) is 5.91 Å². The van der Waals surface area contributed by atoms with Gasteiger partial charge < -0.3 is 10.1 Å². The largest absolute Gasteiger partial charge is 0.491 e. The molecule has 1 unspecified atom stereocenters. The van der Waals surface area contributed by atoms with Crippen molar-refractivity contribution in [3.63, 3.8) is 0 Å². The van der Waals surface area contributed by atoms with Crippen molar-refractivity contribution in [3.05, 3.63) is 90.4 Å². The number of ether oxygens (including phenoxy) is 1. The van der Waals surface area contributed by atoms with Crippen LogP contribution in [0.3, 0.4) is 0 Å². The van der Waals surface area contributed by atoms with Gasteiger partial charge in [-0.15, -0.1) is 0 Å². The highest BCUT2D eigenvalue weighted by Crippen LogP contribution is 2.23. The summed E-state index contributed by atoms with van der Waals surface area (Å²) in [5.41, 5.74) is 2.83. The number of nitrogens with one attached hydrogen (secondary N) is 1. The Morgan fingerprint density at radius 3 is 2.53 bits per heavy atom. The van der Waals surface area contributed by atoms with Crippen LogP contribution < -0.4 is 10.1 Å². The van der Waals surface area contributed by atoms with Crippen molar-refractivity contribution < 1.29 is 13.9 Å². The molecule has 4 aromatic rings. The van der Waals surface area contributed by atoms with Gasteiger partial charge >= 0.3 is 0 Å². The number of amides is 1. The summed E-state index contributed by atoms with van der Waals surface area (Å²) in [6, 6.07) is 21.9. The maximum absolute atomic E-state index is 13.2. The molecular formula is C26H26FN3O2. The Balaban J connectivity index is 1.49. The normalized spacial score (nSPS) is 12.1. The minimum absolute atomic E-state index is 0.00515. The summed E-state index contributed by atoms with van der Waals surface area (Å²) in [6.45, 7) is 4.11. The molecule has 0 aliphatic carbocycles. The second-order valence-electron chi connectivity index (χ2n) is 8.11. The van der Waals surface area contributed by atoms with E-state index in [1.807, 2.05) is 62.4 Å². The van der Waals surface area contributed by atoms with Crippen molar-refractivity contribution in [1.29, 1.82) is 0 Å². The van der Waals surface area contributed by atoms with Crippen LogP contribution in [0.1, 0.15) is 19.4 Å². The van der Waals surface area contributed by atoms with Crippen LogP contribution in [0.5, 0.6) is 5.75 Å². The minimum Gasteiger partial charge on any atom is -0.491 e. The number of benzene rings is 3. The molecule has 0 bridgehead atoms. The molecule has 164 valence electrons. The first kappa shape index (κ1) is 21.6. The van der Waals surface area contributed by atoms with Crippen LogP contribution in [0.15, 0.2) is 79.0 Å². The van der Waals surface area contributed by atoms with Gasteiger partial charge in [0, 0.05) is 11.3 Å². The SMILES string of the molecule is CC(C)C(=O)NC(COc1ccc2c(cnn2-c2ccc(F)cc2)c1)Cc1ccccc1. The first-order valence-electron chi connectivity index (χ1n) is 10.7. The van der Waals surface area contributed by atoms with Crippen molar-refractivity contribution in [1.82, 2.24) is 15.1 Å². The molecule has 1 atom stereocenters. The molecule has 0 saturated carbocycles. The first-order valence-corrected chi connectivity index (χ1v) is 10.7. The lowest BCUT2D eigenvalue weighted by molar-refractivity contribution is -0.124. The molecule has 32 heavy (non-hydrogen) atoms. The molecule has 1 amide bonds. The van der Waals surface area contributed by atoms with Crippen LogP contribution in [0.4, 0.5) is 4.39 Å². The van der Waals surface area contributed by atoms with Gasteiger partial charge in [-0.1, -0.05) is 44.2 Å². The number of aromatic nitrogens is 2. The fraction of sp³-hybridized carbons (Fsp3) is 0.231. The third-order valence-electron chi connectivity index (χ3n) is 5.26. The molecule has 1 heterocycles. The summed E-state index contributed by atoms with van der Waals surface area (Å²) in [4.78, 5) is 12.3. The molecule has 0 aliphatic rings. The number of nitrogens with zero attached hydrogens (tertiary/aromatic N) is 2. The Labute approximate surface area is 186 Å².